The van der Waals surface area contributed by atoms with Crippen LogP contribution in [-0.4, -0.2) is 26.7 Å². The summed E-state index contributed by atoms with van der Waals surface area (Å²) in [7, 11) is 3.25. The summed E-state index contributed by atoms with van der Waals surface area (Å²) in [4.78, 5) is 12.7. The molecule has 1 amide bonds. The molecule has 0 spiro atoms. The van der Waals surface area contributed by atoms with Gasteiger partial charge in [-0.2, -0.15) is 0 Å². The molecule has 5 nitrogen and oxygen atoms in total. The van der Waals surface area contributed by atoms with Gasteiger partial charge in [0.1, 0.15) is 17.5 Å². The van der Waals surface area contributed by atoms with Crippen LogP contribution in [0.2, 0.25) is 0 Å². The fraction of sp³-hybridized carbons (Fsp3) is 0.240. The Morgan fingerprint density at radius 3 is 2.03 bits per heavy atom. The lowest BCUT2D eigenvalue weighted by Crippen LogP contribution is -2.87. The Morgan fingerprint density at radius 1 is 0.900 bits per heavy atom. The van der Waals surface area contributed by atoms with Gasteiger partial charge in [-0.15, -0.1) is 0 Å². The Kier molecular flexibility index (Phi) is 7.46. The molecule has 0 aliphatic heterocycles. The van der Waals surface area contributed by atoms with Crippen LogP contribution in [0.25, 0.3) is 0 Å². The van der Waals surface area contributed by atoms with E-state index in [2.05, 4.69) is 34.9 Å². The Morgan fingerprint density at radius 2 is 1.50 bits per heavy atom. The first kappa shape index (κ1) is 21.4. The number of quaternary nitrogens is 1. The number of hydrogen-bond donors (Lipinski definition) is 2. The number of ether oxygens (including phenoxy) is 2. The van der Waals surface area contributed by atoms with Crippen LogP contribution < -0.4 is 20.1 Å². The first-order chi connectivity index (χ1) is 14.6. The van der Waals surface area contributed by atoms with Gasteiger partial charge < -0.3 is 20.1 Å². The van der Waals surface area contributed by atoms with E-state index in [0.29, 0.717) is 6.54 Å². The van der Waals surface area contributed by atoms with E-state index in [0.717, 1.165) is 17.1 Å². The average Bonchev–Trinajstić information content (AvgIpc) is 2.80. The van der Waals surface area contributed by atoms with Crippen molar-refractivity contribution in [3.05, 3.63) is 95.6 Å². The maximum atomic E-state index is 12.7. The minimum absolute atomic E-state index is 0.0377. The highest BCUT2D eigenvalue weighted by Gasteiger charge is 2.20. The van der Waals surface area contributed by atoms with Crippen molar-refractivity contribution < 1.29 is 19.6 Å². The molecule has 5 heteroatoms. The second-order valence-electron chi connectivity index (χ2n) is 7.14. The molecule has 0 aromatic heterocycles. The molecule has 0 fully saturated rings. The van der Waals surface area contributed by atoms with Gasteiger partial charge in [0.05, 0.1) is 20.3 Å². The molecule has 3 rings (SSSR count). The fourth-order valence-electron chi connectivity index (χ4n) is 3.57. The van der Waals surface area contributed by atoms with Gasteiger partial charge in [-0.25, -0.2) is 0 Å². The highest BCUT2D eigenvalue weighted by molar-refractivity contribution is 5.77. The first-order valence-corrected chi connectivity index (χ1v) is 10.1. The maximum absolute atomic E-state index is 12.7. The van der Waals surface area contributed by atoms with Gasteiger partial charge in [-0.3, -0.25) is 4.79 Å². The molecule has 30 heavy (non-hydrogen) atoms. The van der Waals surface area contributed by atoms with Crippen LogP contribution in [0.15, 0.2) is 78.9 Å². The number of carbonyl (C=O) groups is 1. The molecule has 3 aromatic rings. The van der Waals surface area contributed by atoms with Crippen LogP contribution in [0.3, 0.4) is 0 Å². The summed E-state index contributed by atoms with van der Waals surface area (Å²) in [6.45, 7) is 2.26. The SMILES string of the molecule is COc1ccc(OC)c([C@H](C)NC(=O)C[NH2+]C(c2ccccc2)c2ccccc2)c1. The third kappa shape index (κ3) is 5.39. The molecule has 3 N–H and O–H groups in total. The van der Waals surface area contributed by atoms with Gasteiger partial charge in [-0.1, -0.05) is 60.7 Å². The number of methoxy groups -OCH3 is 2. The van der Waals surface area contributed by atoms with Crippen molar-refractivity contribution in [3.8, 4) is 11.5 Å². The zero-order chi connectivity index (χ0) is 21.3. The number of nitrogens with two attached hydrogens (primary N) is 1. The fourth-order valence-corrected chi connectivity index (χ4v) is 3.57. The summed E-state index contributed by atoms with van der Waals surface area (Å²) in [5.74, 6) is 1.41. The Labute approximate surface area is 178 Å². The second-order valence-corrected chi connectivity index (χ2v) is 7.14. The zero-order valence-corrected chi connectivity index (χ0v) is 17.7. The number of carbonyl (C=O) groups excluding carboxylic acids is 1. The van der Waals surface area contributed by atoms with Crippen LogP contribution in [0, 0.1) is 0 Å². The zero-order valence-electron chi connectivity index (χ0n) is 17.7. The number of amides is 1. The Hall–Kier alpha value is -3.31. The molecule has 0 bridgehead atoms. The van der Waals surface area contributed by atoms with Gasteiger partial charge in [-0.05, 0) is 25.1 Å². The lowest BCUT2D eigenvalue weighted by molar-refractivity contribution is -0.676. The van der Waals surface area contributed by atoms with Crippen LogP contribution in [0.4, 0.5) is 0 Å². The van der Waals surface area contributed by atoms with Crippen LogP contribution in [0.5, 0.6) is 11.5 Å². The monoisotopic (exact) mass is 405 g/mol. The Bertz CT molecular complexity index is 906. The van der Waals surface area contributed by atoms with Crippen molar-refractivity contribution in [3.63, 3.8) is 0 Å². The lowest BCUT2D eigenvalue weighted by atomic mass is 9.99. The van der Waals surface area contributed by atoms with Crippen molar-refractivity contribution >= 4 is 5.91 Å². The Balaban J connectivity index is 1.69. The van der Waals surface area contributed by atoms with Gasteiger partial charge in [0.15, 0.2) is 6.54 Å². The summed E-state index contributed by atoms with van der Waals surface area (Å²) < 4.78 is 10.8. The van der Waals surface area contributed by atoms with Gasteiger partial charge in [0, 0.05) is 16.7 Å². The summed E-state index contributed by atoms with van der Waals surface area (Å²) in [5.41, 5.74) is 3.21. The highest BCUT2D eigenvalue weighted by atomic mass is 16.5. The van der Waals surface area contributed by atoms with E-state index in [9.17, 15) is 4.79 Å². The molecule has 0 saturated heterocycles. The lowest BCUT2D eigenvalue weighted by Gasteiger charge is -2.20. The predicted molar refractivity (Wildman–Crippen MR) is 118 cm³/mol. The van der Waals surface area contributed by atoms with E-state index in [1.54, 1.807) is 14.2 Å². The van der Waals surface area contributed by atoms with E-state index in [1.807, 2.05) is 61.5 Å². The smallest absolute Gasteiger partial charge is 0.275 e. The molecule has 0 aliphatic carbocycles. The second kappa shape index (κ2) is 10.5. The third-order valence-electron chi connectivity index (χ3n) is 5.14. The van der Waals surface area contributed by atoms with E-state index in [4.69, 9.17) is 9.47 Å². The molecule has 0 unspecified atom stereocenters. The van der Waals surface area contributed by atoms with E-state index >= 15 is 0 Å². The molecule has 3 aromatic carbocycles. The summed E-state index contributed by atoms with van der Waals surface area (Å²) in [6, 6.07) is 25.9. The summed E-state index contributed by atoms with van der Waals surface area (Å²) >= 11 is 0. The van der Waals surface area contributed by atoms with E-state index in [-0.39, 0.29) is 18.0 Å². The summed E-state index contributed by atoms with van der Waals surface area (Å²) in [5, 5.41) is 5.14. The van der Waals surface area contributed by atoms with Crippen LogP contribution in [0.1, 0.15) is 35.7 Å². The first-order valence-electron chi connectivity index (χ1n) is 10.1. The average molecular weight is 406 g/mol. The molecule has 0 radical (unpaired) electrons. The highest BCUT2D eigenvalue weighted by Crippen LogP contribution is 2.29. The quantitative estimate of drug-likeness (QED) is 0.575. The summed E-state index contributed by atoms with van der Waals surface area (Å²) in [6.07, 6.45) is 0. The minimum Gasteiger partial charge on any atom is -0.497 e. The van der Waals surface area contributed by atoms with Crippen molar-refractivity contribution in [1.82, 2.24) is 5.32 Å². The van der Waals surface area contributed by atoms with Crippen molar-refractivity contribution in [1.29, 1.82) is 0 Å². The molecule has 1 atom stereocenters. The van der Waals surface area contributed by atoms with Crippen LogP contribution >= 0.6 is 0 Å². The standard InChI is InChI=1S/C25H28N2O3/c1-18(22-16-21(29-2)14-15-23(22)30-3)27-24(28)17-26-25(19-10-6-4-7-11-19)20-12-8-5-9-13-20/h4-16,18,25-26H,17H2,1-3H3,(H,27,28)/p+1/t18-/m0/s1. The molecular weight excluding hydrogens is 376 g/mol. The van der Waals surface area contributed by atoms with Crippen molar-refractivity contribution in [2.45, 2.75) is 19.0 Å². The van der Waals surface area contributed by atoms with Gasteiger partial charge in [0.25, 0.3) is 5.91 Å². The number of benzene rings is 3. The minimum atomic E-state index is -0.206. The maximum Gasteiger partial charge on any atom is 0.275 e. The van der Waals surface area contributed by atoms with Crippen molar-refractivity contribution in [2.24, 2.45) is 0 Å². The van der Waals surface area contributed by atoms with E-state index < -0.39 is 0 Å². The third-order valence-corrected chi connectivity index (χ3v) is 5.14. The number of rotatable bonds is 9. The molecule has 0 heterocycles. The molecular formula is C25H29N2O3+. The van der Waals surface area contributed by atoms with Gasteiger partial charge >= 0.3 is 0 Å². The topological polar surface area (TPSA) is 64.2 Å². The largest absolute Gasteiger partial charge is 0.497 e. The molecule has 156 valence electrons. The molecule has 0 saturated carbocycles. The molecule has 0 aliphatic rings. The number of nitrogens with one attached hydrogen (secondary N) is 1. The normalized spacial score (nSPS) is 11.7. The van der Waals surface area contributed by atoms with Gasteiger partial charge in [0.2, 0.25) is 0 Å². The predicted octanol–water partition coefficient (Wildman–Crippen LogP) is 3.23. The van der Waals surface area contributed by atoms with E-state index in [1.165, 1.54) is 11.1 Å². The van der Waals surface area contributed by atoms with Crippen LogP contribution in [-0.2, 0) is 4.79 Å². The van der Waals surface area contributed by atoms with Crippen molar-refractivity contribution in [2.75, 3.05) is 20.8 Å². The number of hydrogen-bond acceptors (Lipinski definition) is 3.